The fraction of sp³-hybridized carbons (Fsp3) is 0.500. The van der Waals surface area contributed by atoms with E-state index >= 15 is 0 Å². The average molecular weight is 198 g/mol. The summed E-state index contributed by atoms with van der Waals surface area (Å²) in [4.78, 5) is 9.54. The van der Waals surface area contributed by atoms with Crippen LogP contribution in [0.2, 0.25) is 0 Å². The van der Waals surface area contributed by atoms with Crippen molar-refractivity contribution in [3.05, 3.63) is 12.2 Å². The number of thioether (sulfide) groups is 1. The third kappa shape index (κ3) is 9.35. The molecule has 0 rings (SSSR count). The van der Waals surface area contributed by atoms with Crippen LogP contribution < -0.4 is 5.32 Å². The number of amides is 1. The quantitative estimate of drug-likeness (QED) is 0.411. The van der Waals surface area contributed by atoms with Gasteiger partial charge in [0, 0.05) is 12.3 Å². The van der Waals surface area contributed by atoms with Crippen molar-refractivity contribution in [2.75, 3.05) is 12.3 Å². The summed E-state index contributed by atoms with van der Waals surface area (Å²) < 4.78 is 34.4. The molecule has 0 spiro atoms. The number of hydrogen-bond acceptors (Lipinski definition) is 2. The van der Waals surface area contributed by atoms with Gasteiger partial charge in [-0.2, -0.15) is 13.2 Å². The van der Waals surface area contributed by atoms with Crippen LogP contribution in [0, 0.1) is 0 Å². The van der Waals surface area contributed by atoms with E-state index in [9.17, 15) is 18.0 Å². The molecule has 0 fully saturated rings. The molecule has 0 aliphatic carbocycles. The molecular formula is C6H7F3NOS. The Hall–Kier alpha value is -0.650. The smallest absolute Gasteiger partial charge is 0.344 e. The summed E-state index contributed by atoms with van der Waals surface area (Å²) in [5, 5.41) is 2.16. The van der Waals surface area contributed by atoms with Gasteiger partial charge in [0.05, 0.1) is 0 Å². The van der Waals surface area contributed by atoms with Gasteiger partial charge in [-0.1, -0.05) is 12.2 Å². The van der Waals surface area contributed by atoms with Crippen LogP contribution in [0.15, 0.2) is 12.2 Å². The Morgan fingerprint density at radius 3 is 2.58 bits per heavy atom. The highest BCUT2D eigenvalue weighted by atomic mass is 32.2. The van der Waals surface area contributed by atoms with E-state index in [1.54, 1.807) is 0 Å². The van der Waals surface area contributed by atoms with Crippen LogP contribution >= 0.6 is 11.8 Å². The van der Waals surface area contributed by atoms with Gasteiger partial charge < -0.3 is 5.32 Å². The minimum atomic E-state index is -4.19. The molecule has 0 aliphatic rings. The van der Waals surface area contributed by atoms with Crippen molar-refractivity contribution in [3.63, 3.8) is 0 Å². The molecule has 0 aromatic heterocycles. The maximum atomic E-state index is 11.5. The first-order valence-corrected chi connectivity index (χ1v) is 4.00. The molecule has 69 valence electrons. The molecule has 12 heavy (non-hydrogen) atoms. The van der Waals surface area contributed by atoms with Gasteiger partial charge in [0.15, 0.2) is 0 Å². The van der Waals surface area contributed by atoms with E-state index in [2.05, 4.69) is 5.32 Å². The van der Waals surface area contributed by atoms with Crippen LogP contribution in [0.5, 0.6) is 0 Å². The van der Waals surface area contributed by atoms with Gasteiger partial charge in [0.2, 0.25) is 0 Å². The van der Waals surface area contributed by atoms with Crippen molar-refractivity contribution in [1.82, 2.24) is 5.32 Å². The molecule has 0 aromatic rings. The highest BCUT2D eigenvalue weighted by Crippen LogP contribution is 2.29. The first kappa shape index (κ1) is 11.4. The van der Waals surface area contributed by atoms with Crippen LogP contribution in [0.4, 0.5) is 13.2 Å². The average Bonchev–Trinajstić information content (AvgIpc) is 1.94. The number of halogens is 3. The van der Waals surface area contributed by atoms with Crippen molar-refractivity contribution in [1.29, 1.82) is 0 Å². The molecule has 0 aliphatic heterocycles. The first-order valence-electron chi connectivity index (χ1n) is 3.02. The highest BCUT2D eigenvalue weighted by molar-refractivity contribution is 8.00. The Kier molecular flexibility index (Phi) is 5.61. The molecule has 0 atom stereocenters. The van der Waals surface area contributed by atoms with Crippen LogP contribution in [-0.2, 0) is 4.79 Å². The van der Waals surface area contributed by atoms with Crippen molar-refractivity contribution in [2.24, 2.45) is 0 Å². The van der Waals surface area contributed by atoms with E-state index < -0.39 is 5.51 Å². The number of alkyl halides is 3. The minimum absolute atomic E-state index is 0.122. The van der Waals surface area contributed by atoms with Crippen LogP contribution in [0.1, 0.15) is 0 Å². The van der Waals surface area contributed by atoms with Gasteiger partial charge in [0.25, 0.3) is 0 Å². The largest absolute Gasteiger partial charge is 0.442 e. The lowest BCUT2D eigenvalue weighted by Gasteiger charge is -2.00. The monoisotopic (exact) mass is 198 g/mol. The summed E-state index contributed by atoms with van der Waals surface area (Å²) >= 11 is -0.122. The van der Waals surface area contributed by atoms with Crippen molar-refractivity contribution >= 4 is 18.2 Å². The molecule has 0 aromatic carbocycles. The molecule has 1 amide bonds. The fourth-order valence-corrected chi connectivity index (χ4v) is 0.816. The topological polar surface area (TPSA) is 29.1 Å². The van der Waals surface area contributed by atoms with Crippen molar-refractivity contribution < 1.29 is 18.0 Å². The predicted molar refractivity (Wildman–Crippen MR) is 41.3 cm³/mol. The summed E-state index contributed by atoms with van der Waals surface area (Å²) in [6.07, 6.45) is 4.16. The molecular weight excluding hydrogens is 191 g/mol. The summed E-state index contributed by atoms with van der Waals surface area (Å²) in [6.45, 7) is 0.210. The summed E-state index contributed by atoms with van der Waals surface area (Å²) in [5.74, 6) is -0.135. The summed E-state index contributed by atoms with van der Waals surface area (Å²) in [7, 11) is 0. The first-order chi connectivity index (χ1) is 5.56. The van der Waals surface area contributed by atoms with Gasteiger partial charge in [0.1, 0.15) is 0 Å². The number of carbonyl (C=O) groups excluding carboxylic acids is 1. The third-order valence-corrected chi connectivity index (χ3v) is 1.49. The standard InChI is InChI=1S/C6H7F3NOS/c7-6(8,9)12-4-2-1-3-10-5-11/h1-2H,3-4H2,(H,10,11)/b2-1+. The van der Waals surface area contributed by atoms with E-state index in [0.29, 0.717) is 0 Å². The minimum Gasteiger partial charge on any atom is -0.344 e. The summed E-state index contributed by atoms with van der Waals surface area (Å²) in [5.41, 5.74) is -4.19. The molecule has 1 radical (unpaired) electrons. The molecule has 0 bridgehead atoms. The van der Waals surface area contributed by atoms with Crippen molar-refractivity contribution in [2.45, 2.75) is 5.51 Å². The molecule has 0 saturated heterocycles. The van der Waals surface area contributed by atoms with Crippen LogP contribution in [0.3, 0.4) is 0 Å². The maximum absolute atomic E-state index is 11.5. The molecule has 0 saturated carbocycles. The lowest BCUT2D eigenvalue weighted by molar-refractivity contribution is -0.0326. The normalized spacial score (nSPS) is 11.9. The Morgan fingerprint density at radius 1 is 1.42 bits per heavy atom. The van der Waals surface area contributed by atoms with Crippen molar-refractivity contribution in [3.8, 4) is 0 Å². The maximum Gasteiger partial charge on any atom is 0.442 e. The van der Waals surface area contributed by atoms with Gasteiger partial charge in [-0.3, -0.25) is 4.79 Å². The molecule has 6 heteroatoms. The summed E-state index contributed by atoms with van der Waals surface area (Å²) in [6, 6.07) is 0. The number of hydrogen-bond donors (Lipinski definition) is 1. The van der Waals surface area contributed by atoms with E-state index in [4.69, 9.17) is 0 Å². The second-order valence-corrected chi connectivity index (χ2v) is 2.80. The lowest BCUT2D eigenvalue weighted by Crippen LogP contribution is -2.09. The number of rotatable bonds is 5. The van der Waals surface area contributed by atoms with Gasteiger partial charge in [-0.05, 0) is 11.8 Å². The van der Waals surface area contributed by atoms with Crippen LogP contribution in [-0.4, -0.2) is 24.2 Å². The van der Waals surface area contributed by atoms with Crippen LogP contribution in [0.25, 0.3) is 0 Å². The SMILES string of the molecule is O=[C]NC/C=C/CSC(F)(F)F. The Morgan fingerprint density at radius 2 is 2.08 bits per heavy atom. The number of nitrogens with one attached hydrogen (secondary N) is 1. The van der Waals surface area contributed by atoms with Gasteiger partial charge in [-0.15, -0.1) is 0 Å². The second kappa shape index (κ2) is 5.93. The second-order valence-electron chi connectivity index (χ2n) is 1.71. The molecule has 2 nitrogen and oxygen atoms in total. The Balaban J connectivity index is 3.30. The molecule has 1 N–H and O–H groups in total. The zero-order chi connectivity index (χ0) is 9.45. The third-order valence-electron chi connectivity index (χ3n) is 0.802. The zero-order valence-electron chi connectivity index (χ0n) is 6.02. The Labute approximate surface area is 72.2 Å². The molecule has 0 heterocycles. The van der Waals surface area contributed by atoms with E-state index in [0.717, 1.165) is 0 Å². The highest BCUT2D eigenvalue weighted by Gasteiger charge is 2.26. The fourth-order valence-electron chi connectivity index (χ4n) is 0.395. The van der Waals surface area contributed by atoms with E-state index in [1.807, 2.05) is 0 Å². The molecule has 0 unspecified atom stereocenters. The lowest BCUT2D eigenvalue weighted by atomic mass is 10.5. The Bertz CT molecular complexity index is 157. The van der Waals surface area contributed by atoms with E-state index in [1.165, 1.54) is 18.6 Å². The van der Waals surface area contributed by atoms with Gasteiger partial charge in [-0.25, -0.2) is 0 Å². The van der Waals surface area contributed by atoms with E-state index in [-0.39, 0.29) is 24.1 Å². The predicted octanol–water partition coefficient (Wildman–Crippen LogP) is 1.45. The van der Waals surface area contributed by atoms with Gasteiger partial charge >= 0.3 is 11.9 Å². The zero-order valence-corrected chi connectivity index (χ0v) is 6.84.